The molecule has 110 valence electrons. The zero-order valence-corrected chi connectivity index (χ0v) is 12.7. The van der Waals surface area contributed by atoms with Gasteiger partial charge in [0.25, 0.3) is 0 Å². The number of aliphatic hydroxyl groups excluding tert-OH is 1. The van der Waals surface area contributed by atoms with Gasteiger partial charge in [0.05, 0.1) is 0 Å². The molecule has 1 aliphatic heterocycles. The van der Waals surface area contributed by atoms with E-state index in [0.29, 0.717) is 29.6 Å². The fraction of sp³-hybridized carbons (Fsp3) is 0.938. The first-order chi connectivity index (χ1) is 8.89. The molecule has 1 saturated carbocycles. The Morgan fingerprint density at radius 1 is 1.32 bits per heavy atom. The van der Waals surface area contributed by atoms with Crippen molar-refractivity contribution in [1.82, 2.24) is 4.90 Å². The molecule has 0 spiro atoms. The van der Waals surface area contributed by atoms with Crippen LogP contribution in [0.2, 0.25) is 0 Å². The van der Waals surface area contributed by atoms with Crippen LogP contribution in [0.4, 0.5) is 0 Å². The predicted octanol–water partition coefficient (Wildman–Crippen LogP) is 2.68. The van der Waals surface area contributed by atoms with Crippen molar-refractivity contribution in [2.24, 2.45) is 23.2 Å². The Morgan fingerprint density at radius 2 is 2.05 bits per heavy atom. The van der Waals surface area contributed by atoms with E-state index < -0.39 is 0 Å². The number of hydrogen-bond acceptors (Lipinski definition) is 2. The first kappa shape index (κ1) is 14.8. The standard InChI is InChI=1S/C16H29NO2/c1-12-6-14(9-16(2,3)8-12)7-15(19)17-5-4-13(10-17)11-18/h12-14,18H,4-11H2,1-3H3. The van der Waals surface area contributed by atoms with E-state index in [-0.39, 0.29) is 6.61 Å². The van der Waals surface area contributed by atoms with Crippen molar-refractivity contribution < 1.29 is 9.90 Å². The van der Waals surface area contributed by atoms with E-state index in [1.165, 1.54) is 19.3 Å². The number of likely N-dealkylation sites (tertiary alicyclic amines) is 1. The molecule has 0 aromatic carbocycles. The molecule has 3 unspecified atom stereocenters. The number of aliphatic hydroxyl groups is 1. The van der Waals surface area contributed by atoms with Crippen LogP contribution in [-0.2, 0) is 4.79 Å². The van der Waals surface area contributed by atoms with Crippen molar-refractivity contribution >= 4 is 5.91 Å². The average Bonchev–Trinajstić information content (AvgIpc) is 2.74. The molecule has 2 aliphatic rings. The minimum atomic E-state index is 0.220. The highest BCUT2D eigenvalue weighted by Gasteiger charge is 2.34. The third kappa shape index (κ3) is 3.95. The lowest BCUT2D eigenvalue weighted by Crippen LogP contribution is -2.34. The molecule has 3 heteroatoms. The molecule has 1 aliphatic carbocycles. The first-order valence-corrected chi connectivity index (χ1v) is 7.78. The number of carbonyl (C=O) groups excluding carboxylic acids is 1. The van der Waals surface area contributed by atoms with Crippen molar-refractivity contribution in [1.29, 1.82) is 0 Å². The molecular formula is C16H29NO2. The molecular weight excluding hydrogens is 238 g/mol. The molecule has 1 heterocycles. The summed E-state index contributed by atoms with van der Waals surface area (Å²) in [6.07, 6.45) is 5.35. The second-order valence-electron chi connectivity index (χ2n) is 7.66. The molecule has 19 heavy (non-hydrogen) atoms. The van der Waals surface area contributed by atoms with E-state index in [2.05, 4.69) is 20.8 Å². The first-order valence-electron chi connectivity index (χ1n) is 7.78. The lowest BCUT2D eigenvalue weighted by Gasteiger charge is -2.39. The van der Waals surface area contributed by atoms with Gasteiger partial charge in [0.2, 0.25) is 5.91 Å². The van der Waals surface area contributed by atoms with Gasteiger partial charge in [-0.05, 0) is 42.9 Å². The van der Waals surface area contributed by atoms with Crippen LogP contribution >= 0.6 is 0 Å². The summed E-state index contributed by atoms with van der Waals surface area (Å²) in [4.78, 5) is 14.3. The Bertz CT molecular complexity index is 327. The highest BCUT2D eigenvalue weighted by molar-refractivity contribution is 5.76. The summed E-state index contributed by atoms with van der Waals surface area (Å²) < 4.78 is 0. The van der Waals surface area contributed by atoms with Crippen LogP contribution in [0, 0.1) is 23.2 Å². The van der Waals surface area contributed by atoms with Gasteiger partial charge in [0, 0.05) is 32.0 Å². The number of carbonyl (C=O) groups is 1. The zero-order chi connectivity index (χ0) is 14.0. The van der Waals surface area contributed by atoms with Gasteiger partial charge in [0.15, 0.2) is 0 Å². The van der Waals surface area contributed by atoms with E-state index in [0.717, 1.165) is 25.4 Å². The van der Waals surface area contributed by atoms with Crippen molar-refractivity contribution in [2.75, 3.05) is 19.7 Å². The summed E-state index contributed by atoms with van der Waals surface area (Å²) in [5.74, 6) is 1.92. The monoisotopic (exact) mass is 267 g/mol. The molecule has 1 saturated heterocycles. The van der Waals surface area contributed by atoms with Crippen LogP contribution in [0.5, 0.6) is 0 Å². The Kier molecular flexibility index (Phi) is 4.54. The fourth-order valence-electron chi connectivity index (χ4n) is 4.28. The van der Waals surface area contributed by atoms with Crippen molar-refractivity contribution in [3.05, 3.63) is 0 Å². The number of nitrogens with zero attached hydrogens (tertiary/aromatic N) is 1. The summed E-state index contributed by atoms with van der Waals surface area (Å²) in [5.41, 5.74) is 0.390. The SMILES string of the molecule is CC1CC(CC(=O)N2CCC(CO)C2)CC(C)(C)C1. The van der Waals surface area contributed by atoms with Gasteiger partial charge in [-0.15, -0.1) is 0 Å². The number of hydrogen-bond donors (Lipinski definition) is 1. The Labute approximate surface area is 117 Å². The topological polar surface area (TPSA) is 40.5 Å². The highest BCUT2D eigenvalue weighted by Crippen LogP contribution is 2.43. The van der Waals surface area contributed by atoms with Gasteiger partial charge in [-0.3, -0.25) is 4.79 Å². The lowest BCUT2D eigenvalue weighted by atomic mass is 9.67. The van der Waals surface area contributed by atoms with E-state index in [4.69, 9.17) is 5.11 Å². The maximum Gasteiger partial charge on any atom is 0.222 e. The molecule has 3 atom stereocenters. The van der Waals surface area contributed by atoms with Crippen LogP contribution in [-0.4, -0.2) is 35.6 Å². The van der Waals surface area contributed by atoms with Crippen LogP contribution in [0.15, 0.2) is 0 Å². The summed E-state index contributed by atoms with van der Waals surface area (Å²) in [5, 5.41) is 9.15. The van der Waals surface area contributed by atoms with Crippen LogP contribution in [0.3, 0.4) is 0 Å². The minimum Gasteiger partial charge on any atom is -0.396 e. The largest absolute Gasteiger partial charge is 0.396 e. The second kappa shape index (κ2) is 5.82. The van der Waals surface area contributed by atoms with Gasteiger partial charge < -0.3 is 10.0 Å². The molecule has 2 fully saturated rings. The maximum absolute atomic E-state index is 12.3. The quantitative estimate of drug-likeness (QED) is 0.854. The van der Waals surface area contributed by atoms with E-state index >= 15 is 0 Å². The summed E-state index contributed by atoms with van der Waals surface area (Å²) in [6, 6.07) is 0. The smallest absolute Gasteiger partial charge is 0.222 e. The second-order valence-corrected chi connectivity index (χ2v) is 7.66. The summed E-state index contributed by atoms with van der Waals surface area (Å²) in [7, 11) is 0. The van der Waals surface area contributed by atoms with Crippen LogP contribution < -0.4 is 0 Å². The van der Waals surface area contributed by atoms with Gasteiger partial charge in [-0.25, -0.2) is 0 Å². The summed E-state index contributed by atoms with van der Waals surface area (Å²) in [6.45, 7) is 8.81. The Morgan fingerprint density at radius 3 is 2.63 bits per heavy atom. The Balaban J connectivity index is 1.85. The maximum atomic E-state index is 12.3. The molecule has 0 aromatic heterocycles. The average molecular weight is 267 g/mol. The molecule has 0 aromatic rings. The minimum absolute atomic E-state index is 0.220. The van der Waals surface area contributed by atoms with E-state index in [1.54, 1.807) is 0 Å². The number of rotatable bonds is 3. The molecule has 3 nitrogen and oxygen atoms in total. The van der Waals surface area contributed by atoms with Gasteiger partial charge in [-0.1, -0.05) is 20.8 Å². The van der Waals surface area contributed by atoms with Crippen LogP contribution in [0.25, 0.3) is 0 Å². The van der Waals surface area contributed by atoms with Crippen LogP contribution in [0.1, 0.15) is 52.9 Å². The van der Waals surface area contributed by atoms with Gasteiger partial charge in [-0.2, -0.15) is 0 Å². The molecule has 1 amide bonds. The molecule has 2 rings (SSSR count). The lowest BCUT2D eigenvalue weighted by molar-refractivity contribution is -0.132. The van der Waals surface area contributed by atoms with Crippen molar-refractivity contribution in [3.8, 4) is 0 Å². The number of amides is 1. The Hall–Kier alpha value is -0.570. The van der Waals surface area contributed by atoms with Crippen molar-refractivity contribution in [3.63, 3.8) is 0 Å². The highest BCUT2D eigenvalue weighted by atomic mass is 16.3. The van der Waals surface area contributed by atoms with E-state index in [9.17, 15) is 4.79 Å². The van der Waals surface area contributed by atoms with Gasteiger partial charge >= 0.3 is 0 Å². The molecule has 0 bridgehead atoms. The molecule has 0 radical (unpaired) electrons. The zero-order valence-electron chi connectivity index (χ0n) is 12.7. The van der Waals surface area contributed by atoms with E-state index in [1.807, 2.05) is 4.90 Å². The predicted molar refractivity (Wildman–Crippen MR) is 76.7 cm³/mol. The summed E-state index contributed by atoms with van der Waals surface area (Å²) >= 11 is 0. The van der Waals surface area contributed by atoms with Gasteiger partial charge in [0.1, 0.15) is 0 Å². The third-order valence-electron chi connectivity index (χ3n) is 4.84. The molecule has 1 N–H and O–H groups in total. The fourth-order valence-corrected chi connectivity index (χ4v) is 4.28. The normalized spacial score (nSPS) is 34.5. The third-order valence-corrected chi connectivity index (χ3v) is 4.84. The van der Waals surface area contributed by atoms with Crippen molar-refractivity contribution in [2.45, 2.75) is 52.9 Å².